The maximum absolute atomic E-state index is 13.1. The molecule has 2 aromatic carbocycles. The molecule has 35 heavy (non-hydrogen) atoms. The van der Waals surface area contributed by atoms with Crippen LogP contribution < -0.4 is 15.0 Å². The van der Waals surface area contributed by atoms with E-state index in [1.807, 2.05) is 37.3 Å². The quantitative estimate of drug-likeness (QED) is 0.537. The number of aryl methyl sites for hydroxylation is 1. The van der Waals surface area contributed by atoms with Crippen molar-refractivity contribution in [3.63, 3.8) is 0 Å². The molecule has 1 aromatic heterocycles. The fourth-order valence-corrected chi connectivity index (χ4v) is 4.98. The van der Waals surface area contributed by atoms with Crippen LogP contribution in [0.15, 0.2) is 42.5 Å². The summed E-state index contributed by atoms with van der Waals surface area (Å²) in [7, 11) is 0. The monoisotopic (exact) mass is 493 g/mol. The number of hydrogen-bond donors (Lipinski definition) is 1. The summed E-state index contributed by atoms with van der Waals surface area (Å²) in [6.07, 6.45) is 4.39. The molecule has 1 N–H and O–H groups in total. The number of para-hydroxylation sites is 2. The fraction of sp³-hybridized carbons (Fsp3) is 0.385. The highest BCUT2D eigenvalue weighted by Crippen LogP contribution is 2.34. The van der Waals surface area contributed by atoms with E-state index in [-0.39, 0.29) is 18.2 Å². The van der Waals surface area contributed by atoms with Gasteiger partial charge in [-0.3, -0.25) is 9.59 Å². The van der Waals surface area contributed by atoms with E-state index in [1.54, 1.807) is 17.0 Å². The number of nitrogens with one attached hydrogen (secondary N) is 1. The minimum Gasteiger partial charge on any atom is -0.492 e. The Morgan fingerprint density at radius 3 is 2.89 bits per heavy atom. The first-order valence-electron chi connectivity index (χ1n) is 12.1. The van der Waals surface area contributed by atoms with Gasteiger partial charge in [-0.05, 0) is 50.1 Å². The van der Waals surface area contributed by atoms with E-state index in [4.69, 9.17) is 16.3 Å². The zero-order valence-electron chi connectivity index (χ0n) is 19.7. The van der Waals surface area contributed by atoms with E-state index in [0.29, 0.717) is 35.3 Å². The number of amides is 2. The van der Waals surface area contributed by atoms with Crippen LogP contribution in [0.1, 0.15) is 38.4 Å². The Morgan fingerprint density at radius 2 is 2.03 bits per heavy atom. The molecule has 9 heteroatoms. The Balaban J connectivity index is 1.33. The van der Waals surface area contributed by atoms with E-state index < -0.39 is 5.92 Å². The molecule has 0 bridgehead atoms. The van der Waals surface area contributed by atoms with Gasteiger partial charge in [0.05, 0.1) is 23.2 Å². The molecule has 0 aliphatic carbocycles. The lowest BCUT2D eigenvalue weighted by atomic mass is 10.1. The number of rotatable bonds is 6. The minimum absolute atomic E-state index is 0.0970. The van der Waals surface area contributed by atoms with E-state index in [0.717, 1.165) is 43.0 Å². The summed E-state index contributed by atoms with van der Waals surface area (Å²) in [4.78, 5) is 27.5. The number of fused-ring (bicyclic) bond motifs is 1. The van der Waals surface area contributed by atoms with Crippen LogP contribution >= 0.6 is 11.6 Å². The van der Waals surface area contributed by atoms with E-state index >= 15 is 0 Å². The van der Waals surface area contributed by atoms with Gasteiger partial charge in [0.25, 0.3) is 0 Å². The third-order valence-corrected chi connectivity index (χ3v) is 6.87. The van der Waals surface area contributed by atoms with Crippen LogP contribution in [0.5, 0.6) is 5.75 Å². The first kappa shape index (κ1) is 23.4. The first-order chi connectivity index (χ1) is 17.0. The second kappa shape index (κ2) is 10.1. The van der Waals surface area contributed by atoms with Crippen molar-refractivity contribution in [1.82, 2.24) is 14.8 Å². The molecule has 3 heterocycles. The van der Waals surface area contributed by atoms with Gasteiger partial charge in [0.2, 0.25) is 11.8 Å². The molecule has 1 atom stereocenters. The summed E-state index contributed by atoms with van der Waals surface area (Å²) in [5.74, 6) is 1.56. The maximum Gasteiger partial charge on any atom is 0.229 e. The third kappa shape index (κ3) is 4.75. The number of benzene rings is 2. The van der Waals surface area contributed by atoms with Gasteiger partial charge < -0.3 is 19.5 Å². The largest absolute Gasteiger partial charge is 0.492 e. The molecule has 1 unspecified atom stereocenters. The molecule has 2 amide bonds. The highest BCUT2D eigenvalue weighted by atomic mass is 35.5. The average molecular weight is 494 g/mol. The smallest absolute Gasteiger partial charge is 0.229 e. The molecule has 0 spiro atoms. The van der Waals surface area contributed by atoms with Gasteiger partial charge in [0.15, 0.2) is 5.82 Å². The van der Waals surface area contributed by atoms with E-state index in [1.165, 1.54) is 6.42 Å². The van der Waals surface area contributed by atoms with Gasteiger partial charge in [0, 0.05) is 37.2 Å². The lowest BCUT2D eigenvalue weighted by molar-refractivity contribution is -0.122. The van der Waals surface area contributed by atoms with Crippen LogP contribution in [0, 0.1) is 5.92 Å². The summed E-state index contributed by atoms with van der Waals surface area (Å²) >= 11 is 6.52. The Kier molecular flexibility index (Phi) is 6.72. The van der Waals surface area contributed by atoms with Crippen LogP contribution in [-0.2, 0) is 22.6 Å². The fourth-order valence-electron chi connectivity index (χ4n) is 4.78. The standard InChI is InChI=1S/C26H28ClN5O3/c1-2-35-22-9-6-5-8-21(22)32-16-17(14-24(32)33)26(34)28-18-11-12-20(27)19(15-18)25-30-29-23-10-4-3-7-13-31(23)25/h5-6,8-9,11-12,15,17H,2-4,7,10,13-14,16H2,1H3,(H,28,34). The van der Waals surface area contributed by atoms with E-state index in [2.05, 4.69) is 20.1 Å². The molecule has 2 aliphatic heterocycles. The number of carbonyl (C=O) groups is 2. The Labute approximate surface area is 209 Å². The number of halogens is 1. The highest BCUT2D eigenvalue weighted by Gasteiger charge is 2.36. The van der Waals surface area contributed by atoms with Crippen molar-refractivity contribution < 1.29 is 14.3 Å². The van der Waals surface area contributed by atoms with E-state index in [9.17, 15) is 9.59 Å². The second-order valence-electron chi connectivity index (χ2n) is 8.89. The van der Waals surface area contributed by atoms with Crippen LogP contribution in [0.4, 0.5) is 11.4 Å². The molecule has 0 saturated carbocycles. The summed E-state index contributed by atoms with van der Waals surface area (Å²) in [6, 6.07) is 12.8. The van der Waals surface area contributed by atoms with Gasteiger partial charge in [-0.15, -0.1) is 10.2 Å². The Morgan fingerprint density at radius 1 is 1.17 bits per heavy atom. The maximum atomic E-state index is 13.1. The topological polar surface area (TPSA) is 89.3 Å². The summed E-state index contributed by atoms with van der Waals surface area (Å²) in [6.45, 7) is 3.55. The predicted octanol–water partition coefficient (Wildman–Crippen LogP) is 4.72. The second-order valence-corrected chi connectivity index (χ2v) is 9.30. The molecule has 8 nitrogen and oxygen atoms in total. The lowest BCUT2D eigenvalue weighted by Gasteiger charge is -2.20. The number of aromatic nitrogens is 3. The predicted molar refractivity (Wildman–Crippen MR) is 135 cm³/mol. The van der Waals surface area contributed by atoms with Crippen LogP contribution in [0.2, 0.25) is 5.02 Å². The van der Waals surface area contributed by atoms with Crippen molar-refractivity contribution in [3.05, 3.63) is 53.3 Å². The molecule has 1 fully saturated rings. The molecular weight excluding hydrogens is 466 g/mol. The van der Waals surface area contributed by atoms with Gasteiger partial charge >= 0.3 is 0 Å². The van der Waals surface area contributed by atoms with Crippen molar-refractivity contribution in [2.75, 3.05) is 23.4 Å². The molecule has 0 radical (unpaired) electrons. The minimum atomic E-state index is -0.472. The van der Waals surface area contributed by atoms with Crippen LogP contribution in [0.25, 0.3) is 11.4 Å². The van der Waals surface area contributed by atoms with Crippen molar-refractivity contribution in [1.29, 1.82) is 0 Å². The number of hydrogen-bond acceptors (Lipinski definition) is 5. The highest BCUT2D eigenvalue weighted by molar-refractivity contribution is 6.33. The van der Waals surface area contributed by atoms with Gasteiger partial charge in [0.1, 0.15) is 11.6 Å². The summed E-state index contributed by atoms with van der Waals surface area (Å²) in [5, 5.41) is 12.3. The van der Waals surface area contributed by atoms with Crippen LogP contribution in [0.3, 0.4) is 0 Å². The number of nitrogens with zero attached hydrogens (tertiary/aromatic N) is 4. The number of ether oxygens (including phenoxy) is 1. The summed E-state index contributed by atoms with van der Waals surface area (Å²) in [5.41, 5.74) is 2.04. The number of carbonyl (C=O) groups excluding carboxylic acids is 2. The molecule has 182 valence electrons. The average Bonchev–Trinajstić information content (AvgIpc) is 3.36. The van der Waals surface area contributed by atoms with Crippen molar-refractivity contribution >= 4 is 34.8 Å². The molecule has 1 saturated heterocycles. The Hall–Kier alpha value is -3.39. The normalized spacial score (nSPS) is 17.7. The first-order valence-corrected chi connectivity index (χ1v) is 12.5. The molecule has 2 aliphatic rings. The number of anilines is 2. The Bertz CT molecular complexity index is 1260. The SMILES string of the molecule is CCOc1ccccc1N1CC(C(=O)Nc2ccc(Cl)c(-c3nnc4n3CCCCC4)c2)CC1=O. The zero-order valence-corrected chi connectivity index (χ0v) is 20.4. The van der Waals surface area contributed by atoms with Gasteiger partial charge in [-0.1, -0.05) is 30.2 Å². The van der Waals surface area contributed by atoms with Crippen LogP contribution in [-0.4, -0.2) is 39.7 Å². The molecular formula is C26H28ClN5O3. The molecule has 3 aromatic rings. The lowest BCUT2D eigenvalue weighted by Crippen LogP contribution is -2.28. The van der Waals surface area contributed by atoms with Gasteiger partial charge in [-0.25, -0.2) is 0 Å². The molecule has 5 rings (SSSR count). The summed E-state index contributed by atoms with van der Waals surface area (Å²) < 4.78 is 7.80. The van der Waals surface area contributed by atoms with Crippen molar-refractivity contribution in [2.24, 2.45) is 5.92 Å². The zero-order chi connectivity index (χ0) is 24.4. The van der Waals surface area contributed by atoms with Crippen molar-refractivity contribution in [3.8, 4) is 17.1 Å². The third-order valence-electron chi connectivity index (χ3n) is 6.54. The van der Waals surface area contributed by atoms with Gasteiger partial charge in [-0.2, -0.15) is 0 Å². The van der Waals surface area contributed by atoms with Crippen molar-refractivity contribution in [2.45, 2.75) is 45.6 Å².